The third-order valence-electron chi connectivity index (χ3n) is 3.08. The first-order chi connectivity index (χ1) is 9.58. The van der Waals surface area contributed by atoms with Gasteiger partial charge in [-0.1, -0.05) is 11.6 Å². The van der Waals surface area contributed by atoms with E-state index >= 15 is 0 Å². The summed E-state index contributed by atoms with van der Waals surface area (Å²) in [6, 6.07) is 6.72. The van der Waals surface area contributed by atoms with Crippen molar-refractivity contribution in [2.24, 2.45) is 0 Å². The molecule has 20 heavy (non-hydrogen) atoms. The Hall–Kier alpha value is -1.55. The van der Waals surface area contributed by atoms with Crippen molar-refractivity contribution in [2.45, 2.75) is 26.7 Å². The summed E-state index contributed by atoms with van der Waals surface area (Å²) in [6.07, 6.45) is 1.11. The molecule has 0 radical (unpaired) electrons. The molecule has 0 fully saturated rings. The molecular formula is C15H21ClN2O2. The third kappa shape index (κ3) is 5.21. The van der Waals surface area contributed by atoms with Crippen LogP contribution in [0.4, 0.5) is 0 Å². The van der Waals surface area contributed by atoms with Crippen LogP contribution in [0.25, 0.3) is 0 Å². The Morgan fingerprint density at radius 3 is 2.30 bits per heavy atom. The van der Waals surface area contributed by atoms with E-state index in [1.54, 1.807) is 29.2 Å². The summed E-state index contributed by atoms with van der Waals surface area (Å²) in [4.78, 5) is 25.3. The molecule has 0 saturated carbocycles. The maximum absolute atomic E-state index is 11.8. The van der Waals surface area contributed by atoms with Crippen molar-refractivity contribution in [2.75, 3.05) is 19.6 Å². The Morgan fingerprint density at radius 2 is 1.75 bits per heavy atom. The predicted molar refractivity (Wildman–Crippen MR) is 80.9 cm³/mol. The van der Waals surface area contributed by atoms with Crippen LogP contribution in [-0.2, 0) is 4.79 Å². The van der Waals surface area contributed by atoms with Gasteiger partial charge in [0.2, 0.25) is 5.91 Å². The molecule has 0 aliphatic carbocycles. The van der Waals surface area contributed by atoms with E-state index in [1.807, 2.05) is 13.8 Å². The fraction of sp³-hybridized carbons (Fsp3) is 0.467. The average Bonchev–Trinajstić information content (AvgIpc) is 2.45. The Labute approximate surface area is 125 Å². The summed E-state index contributed by atoms with van der Waals surface area (Å²) in [7, 11) is 0. The van der Waals surface area contributed by atoms with Crippen molar-refractivity contribution in [3.63, 3.8) is 0 Å². The smallest absolute Gasteiger partial charge is 0.251 e. The third-order valence-corrected chi connectivity index (χ3v) is 3.33. The van der Waals surface area contributed by atoms with E-state index in [9.17, 15) is 9.59 Å². The zero-order valence-electron chi connectivity index (χ0n) is 12.0. The van der Waals surface area contributed by atoms with E-state index in [-0.39, 0.29) is 11.8 Å². The Morgan fingerprint density at radius 1 is 1.15 bits per heavy atom. The normalized spacial score (nSPS) is 10.2. The summed E-state index contributed by atoms with van der Waals surface area (Å²) < 4.78 is 0. The monoisotopic (exact) mass is 296 g/mol. The summed E-state index contributed by atoms with van der Waals surface area (Å²) in [5.41, 5.74) is 0.574. The Bertz CT molecular complexity index is 442. The molecule has 110 valence electrons. The lowest BCUT2D eigenvalue weighted by Crippen LogP contribution is -2.31. The fourth-order valence-electron chi connectivity index (χ4n) is 1.88. The molecule has 1 aromatic carbocycles. The quantitative estimate of drug-likeness (QED) is 0.787. The van der Waals surface area contributed by atoms with Crippen molar-refractivity contribution in [1.29, 1.82) is 0 Å². The van der Waals surface area contributed by atoms with Gasteiger partial charge in [0.1, 0.15) is 0 Å². The van der Waals surface area contributed by atoms with Gasteiger partial charge in [-0.25, -0.2) is 0 Å². The van der Waals surface area contributed by atoms with Crippen LogP contribution in [0.5, 0.6) is 0 Å². The van der Waals surface area contributed by atoms with E-state index in [1.165, 1.54) is 0 Å². The molecule has 1 N–H and O–H groups in total. The number of halogens is 1. The lowest BCUT2D eigenvalue weighted by atomic mass is 10.2. The number of hydrogen-bond donors (Lipinski definition) is 1. The minimum Gasteiger partial charge on any atom is -0.352 e. The fourth-order valence-corrected chi connectivity index (χ4v) is 2.01. The first-order valence-electron chi connectivity index (χ1n) is 6.90. The van der Waals surface area contributed by atoms with E-state index in [0.717, 1.165) is 13.1 Å². The van der Waals surface area contributed by atoms with Gasteiger partial charge in [-0.15, -0.1) is 0 Å². The highest BCUT2D eigenvalue weighted by Gasteiger charge is 2.09. The molecular weight excluding hydrogens is 276 g/mol. The molecule has 0 saturated heterocycles. The standard InChI is InChI=1S/C15H21ClN2O2/c1-3-18(4-2)14(19)6-5-11-17-15(20)12-7-9-13(16)10-8-12/h7-10H,3-6,11H2,1-2H3,(H,17,20). The average molecular weight is 297 g/mol. The predicted octanol–water partition coefficient (Wildman–Crippen LogP) is 2.72. The van der Waals surface area contributed by atoms with E-state index in [0.29, 0.717) is 30.0 Å². The second-order valence-corrected chi connectivity index (χ2v) is 4.87. The first kappa shape index (κ1) is 16.5. The largest absolute Gasteiger partial charge is 0.352 e. The number of hydrogen-bond acceptors (Lipinski definition) is 2. The van der Waals surface area contributed by atoms with Crippen molar-refractivity contribution < 1.29 is 9.59 Å². The molecule has 1 aromatic rings. The van der Waals surface area contributed by atoms with Gasteiger partial charge in [0, 0.05) is 36.6 Å². The Kier molecular flexibility index (Phi) is 7.09. The lowest BCUT2D eigenvalue weighted by molar-refractivity contribution is -0.130. The number of carbonyl (C=O) groups excluding carboxylic acids is 2. The first-order valence-corrected chi connectivity index (χ1v) is 7.27. The maximum Gasteiger partial charge on any atom is 0.251 e. The molecule has 4 nitrogen and oxygen atoms in total. The molecule has 0 aliphatic rings. The van der Waals surface area contributed by atoms with Crippen LogP contribution in [0.2, 0.25) is 5.02 Å². The van der Waals surface area contributed by atoms with E-state index < -0.39 is 0 Å². The highest BCUT2D eigenvalue weighted by Crippen LogP contribution is 2.09. The summed E-state index contributed by atoms with van der Waals surface area (Å²) in [6.45, 7) is 5.88. The topological polar surface area (TPSA) is 49.4 Å². The second-order valence-electron chi connectivity index (χ2n) is 4.43. The number of nitrogens with one attached hydrogen (secondary N) is 1. The zero-order valence-corrected chi connectivity index (χ0v) is 12.7. The van der Waals surface area contributed by atoms with Crippen molar-refractivity contribution in [1.82, 2.24) is 10.2 Å². The van der Waals surface area contributed by atoms with Gasteiger partial charge in [0.05, 0.1) is 0 Å². The lowest BCUT2D eigenvalue weighted by Gasteiger charge is -2.18. The SMILES string of the molecule is CCN(CC)C(=O)CCCNC(=O)c1ccc(Cl)cc1. The van der Waals surface area contributed by atoms with Crippen LogP contribution >= 0.6 is 11.6 Å². The molecule has 0 atom stereocenters. The van der Waals surface area contributed by atoms with Crippen LogP contribution < -0.4 is 5.32 Å². The van der Waals surface area contributed by atoms with Gasteiger partial charge in [-0.2, -0.15) is 0 Å². The van der Waals surface area contributed by atoms with Crippen molar-refractivity contribution in [3.05, 3.63) is 34.9 Å². The number of nitrogens with zero attached hydrogens (tertiary/aromatic N) is 1. The van der Waals surface area contributed by atoms with E-state index in [2.05, 4.69) is 5.32 Å². The molecule has 0 aromatic heterocycles. The number of carbonyl (C=O) groups is 2. The van der Waals surface area contributed by atoms with Gasteiger partial charge in [-0.3, -0.25) is 9.59 Å². The highest BCUT2D eigenvalue weighted by molar-refractivity contribution is 6.30. The molecule has 0 bridgehead atoms. The summed E-state index contributed by atoms with van der Waals surface area (Å²) >= 11 is 5.76. The van der Waals surface area contributed by atoms with Crippen LogP contribution in [0.15, 0.2) is 24.3 Å². The minimum absolute atomic E-state index is 0.135. The second kappa shape index (κ2) is 8.59. The maximum atomic E-state index is 11.8. The molecule has 2 amide bonds. The van der Waals surface area contributed by atoms with Crippen LogP contribution in [0.1, 0.15) is 37.0 Å². The molecule has 0 heterocycles. The zero-order chi connectivity index (χ0) is 15.0. The van der Waals surface area contributed by atoms with Gasteiger partial charge in [-0.05, 0) is 44.5 Å². The van der Waals surface area contributed by atoms with E-state index in [4.69, 9.17) is 11.6 Å². The van der Waals surface area contributed by atoms with Gasteiger partial charge >= 0.3 is 0 Å². The number of amides is 2. The Balaban J connectivity index is 2.29. The molecule has 0 aliphatic heterocycles. The molecule has 0 unspecified atom stereocenters. The summed E-state index contributed by atoms with van der Waals surface area (Å²) in [5.74, 6) is -0.00676. The highest BCUT2D eigenvalue weighted by atomic mass is 35.5. The minimum atomic E-state index is -0.142. The van der Waals surface area contributed by atoms with Crippen molar-refractivity contribution >= 4 is 23.4 Å². The molecule has 1 rings (SSSR count). The van der Waals surface area contributed by atoms with Gasteiger partial charge in [0.15, 0.2) is 0 Å². The van der Waals surface area contributed by atoms with Gasteiger partial charge < -0.3 is 10.2 Å². The van der Waals surface area contributed by atoms with Crippen molar-refractivity contribution in [3.8, 4) is 0 Å². The summed E-state index contributed by atoms with van der Waals surface area (Å²) in [5, 5.41) is 3.40. The van der Waals surface area contributed by atoms with Gasteiger partial charge in [0.25, 0.3) is 5.91 Å². The van der Waals surface area contributed by atoms with Crippen LogP contribution in [-0.4, -0.2) is 36.3 Å². The van der Waals surface area contributed by atoms with Crippen LogP contribution in [0, 0.1) is 0 Å². The van der Waals surface area contributed by atoms with Crippen LogP contribution in [0.3, 0.4) is 0 Å². The number of rotatable bonds is 7. The molecule has 5 heteroatoms. The molecule has 0 spiro atoms. The number of benzene rings is 1.